The topological polar surface area (TPSA) is 65.3 Å². The van der Waals surface area contributed by atoms with E-state index in [1.165, 1.54) is 11.3 Å². The van der Waals surface area contributed by atoms with Crippen LogP contribution in [0, 0.1) is 17.0 Å². The molecule has 20 heavy (non-hydrogen) atoms. The summed E-state index contributed by atoms with van der Waals surface area (Å²) >= 11 is 13.4. The average Bonchev–Trinajstić information content (AvgIpc) is 2.70. The van der Waals surface area contributed by atoms with Gasteiger partial charge in [-0.05, 0) is 25.1 Å². The van der Waals surface area contributed by atoms with E-state index in [-0.39, 0.29) is 6.61 Å². The number of aromatic nitrogens is 1. The minimum atomic E-state index is -0.798. The molecule has 0 aliphatic carbocycles. The first-order chi connectivity index (χ1) is 9.47. The molecule has 0 amide bonds. The number of nitrogens with zero attached hydrogens (tertiary/aromatic N) is 2. The van der Waals surface area contributed by atoms with Crippen molar-refractivity contribution >= 4 is 34.5 Å². The highest BCUT2D eigenvalue weighted by molar-refractivity contribution is 7.15. The lowest BCUT2D eigenvalue weighted by Crippen LogP contribution is -2.04. The first-order valence-corrected chi connectivity index (χ1v) is 7.23. The van der Waals surface area contributed by atoms with Crippen molar-refractivity contribution in [2.24, 2.45) is 0 Å². The van der Waals surface area contributed by atoms with E-state index in [1.54, 1.807) is 18.2 Å². The van der Waals surface area contributed by atoms with E-state index in [9.17, 15) is 10.1 Å². The van der Waals surface area contributed by atoms with Crippen LogP contribution in [0.15, 0.2) is 18.2 Å². The third kappa shape index (κ3) is 3.59. The summed E-state index contributed by atoms with van der Waals surface area (Å²) in [4.78, 5) is 19.8. The van der Waals surface area contributed by atoms with Crippen molar-refractivity contribution < 1.29 is 9.92 Å². The largest absolute Gasteiger partial charge is 0.314 e. The third-order valence-corrected chi connectivity index (χ3v) is 4.38. The Morgan fingerprint density at radius 3 is 2.85 bits per heavy atom. The molecule has 0 spiro atoms. The Kier molecular flexibility index (Phi) is 4.80. The van der Waals surface area contributed by atoms with Crippen LogP contribution in [0.5, 0.6) is 0 Å². The van der Waals surface area contributed by atoms with Gasteiger partial charge in [0.05, 0.1) is 10.7 Å². The van der Waals surface area contributed by atoms with Gasteiger partial charge >= 0.3 is 0 Å². The number of hydrogen-bond acceptors (Lipinski definition) is 5. The first-order valence-electron chi connectivity index (χ1n) is 5.66. The van der Waals surface area contributed by atoms with Gasteiger partial charge in [0, 0.05) is 21.9 Å². The summed E-state index contributed by atoms with van der Waals surface area (Å²) in [6, 6.07) is 5.21. The van der Waals surface area contributed by atoms with Gasteiger partial charge in [-0.2, -0.15) is 0 Å². The van der Waals surface area contributed by atoms with Crippen molar-refractivity contribution in [1.29, 1.82) is 0 Å². The van der Waals surface area contributed by atoms with Crippen LogP contribution >= 0.6 is 34.5 Å². The zero-order valence-electron chi connectivity index (χ0n) is 10.4. The van der Waals surface area contributed by atoms with Crippen molar-refractivity contribution in [2.45, 2.75) is 13.3 Å². The zero-order chi connectivity index (χ0) is 14.7. The Morgan fingerprint density at radius 1 is 1.45 bits per heavy atom. The summed E-state index contributed by atoms with van der Waals surface area (Å²) in [6.07, 6.45) is 0.440. The summed E-state index contributed by atoms with van der Waals surface area (Å²) in [7, 11) is 0. The highest BCUT2D eigenvalue weighted by Crippen LogP contribution is 2.34. The lowest BCUT2D eigenvalue weighted by atomic mass is 10.2. The maximum absolute atomic E-state index is 10.1. The second kappa shape index (κ2) is 6.39. The monoisotopic (exact) mass is 332 g/mol. The van der Waals surface area contributed by atoms with E-state index in [4.69, 9.17) is 23.2 Å². The van der Waals surface area contributed by atoms with E-state index in [0.29, 0.717) is 16.5 Å². The van der Waals surface area contributed by atoms with Crippen molar-refractivity contribution in [3.63, 3.8) is 0 Å². The van der Waals surface area contributed by atoms with Crippen LogP contribution in [-0.4, -0.2) is 16.7 Å². The summed E-state index contributed by atoms with van der Waals surface area (Å²) < 4.78 is 0. The van der Waals surface area contributed by atoms with E-state index in [0.717, 1.165) is 21.1 Å². The molecule has 0 aliphatic rings. The second-order valence-electron chi connectivity index (χ2n) is 3.96. The van der Waals surface area contributed by atoms with Crippen molar-refractivity contribution in [3.8, 4) is 10.6 Å². The van der Waals surface area contributed by atoms with Crippen molar-refractivity contribution in [1.82, 2.24) is 4.98 Å². The van der Waals surface area contributed by atoms with E-state index >= 15 is 0 Å². The Morgan fingerprint density at radius 2 is 2.20 bits per heavy atom. The van der Waals surface area contributed by atoms with Gasteiger partial charge in [-0.15, -0.1) is 21.5 Å². The lowest BCUT2D eigenvalue weighted by molar-refractivity contribution is -0.757. The van der Waals surface area contributed by atoms with Gasteiger partial charge in [-0.1, -0.05) is 23.2 Å². The fourth-order valence-electron chi connectivity index (χ4n) is 1.65. The van der Waals surface area contributed by atoms with Gasteiger partial charge < -0.3 is 4.84 Å². The molecule has 0 atom stereocenters. The van der Waals surface area contributed by atoms with Gasteiger partial charge in [0.25, 0.3) is 5.09 Å². The minimum Gasteiger partial charge on any atom is -0.314 e. The van der Waals surface area contributed by atoms with Gasteiger partial charge in [-0.25, -0.2) is 4.98 Å². The molecule has 2 aromatic rings. The normalized spacial score (nSPS) is 10.6. The van der Waals surface area contributed by atoms with Crippen LogP contribution in [0.3, 0.4) is 0 Å². The molecule has 0 saturated heterocycles. The molecule has 1 aromatic heterocycles. The average molecular weight is 333 g/mol. The van der Waals surface area contributed by atoms with Crippen LogP contribution in [-0.2, 0) is 11.3 Å². The molecule has 1 heterocycles. The molecule has 0 N–H and O–H groups in total. The highest BCUT2D eigenvalue weighted by Gasteiger charge is 2.12. The maximum atomic E-state index is 10.1. The molecule has 0 aliphatic heterocycles. The van der Waals surface area contributed by atoms with E-state index in [1.807, 2.05) is 6.92 Å². The molecule has 106 valence electrons. The number of thiazole rings is 1. The molecule has 5 nitrogen and oxygen atoms in total. The fourth-order valence-corrected chi connectivity index (χ4v) is 3.29. The Hall–Kier alpha value is -1.37. The molecule has 8 heteroatoms. The molecule has 0 bridgehead atoms. The quantitative estimate of drug-likeness (QED) is 0.608. The maximum Gasteiger partial charge on any atom is 0.294 e. The summed E-state index contributed by atoms with van der Waals surface area (Å²) in [5, 5.41) is 11.2. The molecule has 0 radical (unpaired) electrons. The Bertz CT molecular complexity index is 646. The molecule has 2 rings (SSSR count). The number of halogens is 2. The highest BCUT2D eigenvalue weighted by atomic mass is 35.5. The van der Waals surface area contributed by atoms with Gasteiger partial charge in [0.15, 0.2) is 0 Å². The van der Waals surface area contributed by atoms with Crippen LogP contribution in [0.4, 0.5) is 0 Å². The number of rotatable bonds is 5. The van der Waals surface area contributed by atoms with Crippen LogP contribution < -0.4 is 0 Å². The van der Waals surface area contributed by atoms with Crippen LogP contribution in [0.1, 0.15) is 10.6 Å². The van der Waals surface area contributed by atoms with E-state index in [2.05, 4.69) is 9.82 Å². The smallest absolute Gasteiger partial charge is 0.294 e. The van der Waals surface area contributed by atoms with Gasteiger partial charge in [0.2, 0.25) is 0 Å². The standard InChI is InChI=1S/C12H10Cl2N2O3S/c1-7-11(4-5-19-16(17)18)20-12(15-7)9-3-2-8(13)6-10(9)14/h2-3,6H,4-5H2,1H3. The molecule has 1 aromatic carbocycles. The Labute approximate surface area is 129 Å². The number of benzene rings is 1. The molecular weight excluding hydrogens is 323 g/mol. The summed E-state index contributed by atoms with van der Waals surface area (Å²) in [6.45, 7) is 1.87. The van der Waals surface area contributed by atoms with Gasteiger partial charge in [-0.3, -0.25) is 0 Å². The Balaban J connectivity index is 2.20. The predicted molar refractivity (Wildman–Crippen MR) is 79.0 cm³/mol. The van der Waals surface area contributed by atoms with E-state index < -0.39 is 5.09 Å². The van der Waals surface area contributed by atoms with Crippen molar-refractivity contribution in [2.75, 3.05) is 6.61 Å². The minimum absolute atomic E-state index is 0.0177. The van der Waals surface area contributed by atoms with Crippen LogP contribution in [0.25, 0.3) is 10.6 Å². The zero-order valence-corrected chi connectivity index (χ0v) is 12.8. The molecule has 0 unspecified atom stereocenters. The first kappa shape index (κ1) is 15.0. The van der Waals surface area contributed by atoms with Gasteiger partial charge in [0.1, 0.15) is 11.6 Å². The summed E-state index contributed by atoms with van der Waals surface area (Å²) in [5.74, 6) is 0. The molecule has 0 saturated carbocycles. The molecular formula is C12H10Cl2N2O3S. The summed E-state index contributed by atoms with van der Waals surface area (Å²) in [5.41, 5.74) is 1.62. The number of aryl methyl sites for hydroxylation is 1. The SMILES string of the molecule is Cc1nc(-c2ccc(Cl)cc2Cl)sc1CCO[N+](=O)[O-]. The lowest BCUT2D eigenvalue weighted by Gasteiger charge is -2.00. The second-order valence-corrected chi connectivity index (χ2v) is 5.89. The van der Waals surface area contributed by atoms with Crippen LogP contribution in [0.2, 0.25) is 10.0 Å². The fraction of sp³-hybridized carbons (Fsp3) is 0.250. The number of hydrogen-bond donors (Lipinski definition) is 0. The third-order valence-electron chi connectivity index (χ3n) is 2.58. The molecule has 0 fully saturated rings. The predicted octanol–water partition coefficient (Wildman–Crippen LogP) is 4.18. The van der Waals surface area contributed by atoms with Crippen molar-refractivity contribution in [3.05, 3.63) is 48.9 Å².